The van der Waals surface area contributed by atoms with Gasteiger partial charge in [-0.05, 0) is 64.2 Å². The lowest BCUT2D eigenvalue weighted by Crippen LogP contribution is -2.27. The van der Waals surface area contributed by atoms with Gasteiger partial charge < -0.3 is 9.88 Å². The molecule has 6 heteroatoms. The lowest BCUT2D eigenvalue weighted by molar-refractivity contribution is 0.286. The van der Waals surface area contributed by atoms with E-state index in [0.717, 1.165) is 35.1 Å². The first kappa shape index (κ1) is 20.7. The van der Waals surface area contributed by atoms with E-state index in [1.54, 1.807) is 0 Å². The minimum atomic E-state index is -3.55. The molecule has 0 bridgehead atoms. The Labute approximate surface area is 168 Å². The number of allylic oxidation sites excluding steroid dienone is 3. The van der Waals surface area contributed by atoms with Gasteiger partial charge in [-0.15, -0.1) is 0 Å². The first-order valence-corrected chi connectivity index (χ1v) is 11.5. The lowest BCUT2D eigenvalue weighted by Gasteiger charge is -2.29. The first-order valence-electron chi connectivity index (χ1n) is 10.0. The smallest absolute Gasteiger partial charge is 0.256 e. The molecule has 1 aliphatic rings. The topological polar surface area (TPSA) is 65.2 Å². The van der Waals surface area contributed by atoms with E-state index in [2.05, 4.69) is 33.7 Å². The Kier molecular flexibility index (Phi) is 6.62. The fourth-order valence-electron chi connectivity index (χ4n) is 3.68. The monoisotopic (exact) mass is 401 g/mol. The van der Waals surface area contributed by atoms with Gasteiger partial charge in [0.1, 0.15) is 0 Å². The van der Waals surface area contributed by atoms with Crippen LogP contribution in [0.5, 0.6) is 0 Å². The maximum Gasteiger partial charge on any atom is 0.256 e. The van der Waals surface area contributed by atoms with Crippen molar-refractivity contribution >= 4 is 20.9 Å². The molecule has 0 aliphatic carbocycles. The Morgan fingerprint density at radius 2 is 1.86 bits per heavy atom. The predicted molar refractivity (Wildman–Crippen MR) is 116 cm³/mol. The largest absolute Gasteiger partial charge is 0.375 e. The third-order valence-electron chi connectivity index (χ3n) is 5.46. The molecule has 1 aliphatic heterocycles. The quantitative estimate of drug-likeness (QED) is 0.672. The Balaban J connectivity index is 1.59. The SMILES string of the molecule is CC(=CC=C(C)N1CCCCC1)CCNS(=O)(=O)c1[nH]c2ccccc2c1C. The molecule has 0 amide bonds. The van der Waals surface area contributed by atoms with Gasteiger partial charge in [0, 0.05) is 36.2 Å². The molecule has 0 radical (unpaired) electrons. The molecule has 2 N–H and O–H groups in total. The molecule has 0 atom stereocenters. The number of nitrogens with zero attached hydrogens (tertiary/aromatic N) is 1. The highest BCUT2D eigenvalue weighted by Crippen LogP contribution is 2.24. The Morgan fingerprint density at radius 1 is 1.14 bits per heavy atom. The molecule has 0 saturated carbocycles. The van der Waals surface area contributed by atoms with Crippen LogP contribution in [-0.4, -0.2) is 37.9 Å². The van der Waals surface area contributed by atoms with Gasteiger partial charge in [-0.25, -0.2) is 13.1 Å². The number of benzene rings is 1. The molecule has 1 saturated heterocycles. The number of para-hydroxylation sites is 1. The van der Waals surface area contributed by atoms with Crippen molar-refractivity contribution in [1.29, 1.82) is 0 Å². The number of sulfonamides is 1. The molecular formula is C22H31N3O2S. The number of nitrogens with one attached hydrogen (secondary N) is 2. The van der Waals surface area contributed by atoms with Crippen LogP contribution in [0.15, 0.2) is 52.7 Å². The molecule has 1 aromatic carbocycles. The number of aromatic nitrogens is 1. The summed E-state index contributed by atoms with van der Waals surface area (Å²) < 4.78 is 28.1. The van der Waals surface area contributed by atoms with Gasteiger partial charge >= 0.3 is 0 Å². The van der Waals surface area contributed by atoms with E-state index in [4.69, 9.17) is 0 Å². The van der Waals surface area contributed by atoms with Crippen LogP contribution in [0.4, 0.5) is 0 Å². The number of hydrogen-bond donors (Lipinski definition) is 2. The van der Waals surface area contributed by atoms with Crippen molar-refractivity contribution in [3.8, 4) is 0 Å². The Hall–Kier alpha value is -2.05. The standard InChI is InChI=1S/C22H31N3O2S/c1-17(11-12-18(2)25-15-7-4-8-16-25)13-14-23-28(26,27)22-19(3)20-9-5-6-10-21(20)24-22/h5-6,9-12,23-24H,4,7-8,13-16H2,1-3H3. The summed E-state index contributed by atoms with van der Waals surface area (Å²) in [6, 6.07) is 7.64. The van der Waals surface area contributed by atoms with Crippen LogP contribution < -0.4 is 4.72 Å². The van der Waals surface area contributed by atoms with Gasteiger partial charge in [-0.1, -0.05) is 29.8 Å². The number of fused-ring (bicyclic) bond motifs is 1. The van der Waals surface area contributed by atoms with Crippen LogP contribution in [0, 0.1) is 6.92 Å². The van der Waals surface area contributed by atoms with E-state index in [1.165, 1.54) is 25.0 Å². The number of H-pyrrole nitrogens is 1. The van der Waals surface area contributed by atoms with Crippen molar-refractivity contribution in [2.24, 2.45) is 0 Å². The van der Waals surface area contributed by atoms with Gasteiger partial charge in [0.2, 0.25) is 0 Å². The van der Waals surface area contributed by atoms with Gasteiger partial charge in [-0.2, -0.15) is 0 Å². The molecule has 5 nitrogen and oxygen atoms in total. The number of piperidine rings is 1. The average Bonchev–Trinajstić information content (AvgIpc) is 3.04. The highest BCUT2D eigenvalue weighted by atomic mass is 32.2. The summed E-state index contributed by atoms with van der Waals surface area (Å²) in [4.78, 5) is 5.46. The summed E-state index contributed by atoms with van der Waals surface area (Å²) in [5.74, 6) is 0. The minimum Gasteiger partial charge on any atom is -0.375 e. The van der Waals surface area contributed by atoms with Crippen molar-refractivity contribution in [3.63, 3.8) is 0 Å². The van der Waals surface area contributed by atoms with Crippen molar-refractivity contribution in [2.45, 2.75) is 51.5 Å². The van der Waals surface area contributed by atoms with Gasteiger partial charge in [-0.3, -0.25) is 0 Å². The number of aromatic amines is 1. The average molecular weight is 402 g/mol. The summed E-state index contributed by atoms with van der Waals surface area (Å²) in [7, 11) is -3.55. The fraction of sp³-hybridized carbons (Fsp3) is 0.455. The normalized spacial score (nSPS) is 16.8. The Bertz CT molecular complexity index is 980. The van der Waals surface area contributed by atoms with Crippen LogP contribution in [-0.2, 0) is 10.0 Å². The Morgan fingerprint density at radius 3 is 2.57 bits per heavy atom. The molecule has 2 heterocycles. The van der Waals surface area contributed by atoms with Crippen molar-refractivity contribution < 1.29 is 8.42 Å². The van der Waals surface area contributed by atoms with Crippen LogP contribution in [0.25, 0.3) is 10.9 Å². The zero-order valence-electron chi connectivity index (χ0n) is 17.1. The van der Waals surface area contributed by atoms with Gasteiger partial charge in [0.15, 0.2) is 5.03 Å². The fourth-order valence-corrected chi connectivity index (χ4v) is 4.95. The predicted octanol–water partition coefficient (Wildman–Crippen LogP) is 4.48. The number of hydrogen-bond acceptors (Lipinski definition) is 3. The summed E-state index contributed by atoms with van der Waals surface area (Å²) in [6.45, 7) is 8.69. The second-order valence-corrected chi connectivity index (χ2v) is 9.35. The van der Waals surface area contributed by atoms with Crippen molar-refractivity contribution in [1.82, 2.24) is 14.6 Å². The lowest BCUT2D eigenvalue weighted by atomic mass is 10.1. The van der Waals surface area contributed by atoms with E-state index < -0.39 is 10.0 Å². The molecule has 2 aromatic rings. The molecule has 1 fully saturated rings. The number of likely N-dealkylation sites (tertiary alicyclic amines) is 1. The third-order valence-corrected chi connectivity index (χ3v) is 6.99. The second kappa shape index (κ2) is 8.97. The van der Waals surface area contributed by atoms with E-state index in [0.29, 0.717) is 13.0 Å². The summed E-state index contributed by atoms with van der Waals surface area (Å²) >= 11 is 0. The molecule has 152 valence electrons. The second-order valence-electron chi connectivity index (χ2n) is 7.64. The number of rotatable bonds is 7. The molecule has 1 aromatic heterocycles. The highest BCUT2D eigenvalue weighted by molar-refractivity contribution is 7.89. The van der Waals surface area contributed by atoms with E-state index in [1.807, 2.05) is 38.1 Å². The summed E-state index contributed by atoms with van der Waals surface area (Å²) in [6.07, 6.45) is 8.80. The van der Waals surface area contributed by atoms with Crippen molar-refractivity contribution in [3.05, 3.63) is 53.3 Å². The molecular weight excluding hydrogens is 370 g/mol. The van der Waals surface area contributed by atoms with Crippen LogP contribution in [0.2, 0.25) is 0 Å². The van der Waals surface area contributed by atoms with Gasteiger partial charge in [0.25, 0.3) is 10.0 Å². The molecule has 28 heavy (non-hydrogen) atoms. The zero-order valence-corrected chi connectivity index (χ0v) is 17.9. The van der Waals surface area contributed by atoms with Crippen molar-refractivity contribution in [2.75, 3.05) is 19.6 Å². The van der Waals surface area contributed by atoms with E-state index >= 15 is 0 Å². The summed E-state index contributed by atoms with van der Waals surface area (Å²) in [5.41, 5.74) is 4.05. The van der Waals surface area contributed by atoms with Crippen LogP contribution in [0.1, 0.15) is 45.1 Å². The maximum absolute atomic E-state index is 12.7. The van der Waals surface area contributed by atoms with Gasteiger partial charge in [0.05, 0.1) is 0 Å². The number of aryl methyl sites for hydroxylation is 1. The minimum absolute atomic E-state index is 0.260. The zero-order chi connectivity index (χ0) is 20.1. The van der Waals surface area contributed by atoms with Crippen LogP contribution >= 0.6 is 0 Å². The summed E-state index contributed by atoms with van der Waals surface area (Å²) in [5, 5.41) is 1.20. The first-order chi connectivity index (χ1) is 13.4. The molecule has 3 rings (SSSR count). The van der Waals surface area contributed by atoms with E-state index in [-0.39, 0.29) is 5.03 Å². The maximum atomic E-state index is 12.7. The molecule has 0 spiro atoms. The third kappa shape index (κ3) is 4.86. The van der Waals surface area contributed by atoms with Crippen LogP contribution in [0.3, 0.4) is 0 Å². The highest BCUT2D eigenvalue weighted by Gasteiger charge is 2.20. The molecule has 0 unspecified atom stereocenters. The van der Waals surface area contributed by atoms with E-state index in [9.17, 15) is 8.42 Å².